The number of amides is 2. The number of nitrogens with zero attached hydrogens (tertiary/aromatic N) is 2. The molecule has 0 saturated heterocycles. The normalized spacial score (nSPS) is 13.8. The summed E-state index contributed by atoms with van der Waals surface area (Å²) in [5.41, 5.74) is 2.27. The number of fused-ring (bicyclic) bond motifs is 1. The van der Waals surface area contributed by atoms with Gasteiger partial charge in [-0.2, -0.15) is 0 Å². The fourth-order valence-corrected chi connectivity index (χ4v) is 2.61. The van der Waals surface area contributed by atoms with Crippen molar-refractivity contribution in [2.24, 2.45) is 0 Å². The van der Waals surface area contributed by atoms with Crippen LogP contribution in [0.1, 0.15) is 26.3 Å². The number of carbonyl (C=O) groups excluding carboxylic acids is 2. The second-order valence-corrected chi connectivity index (χ2v) is 4.69. The lowest BCUT2D eigenvalue weighted by molar-refractivity contribution is 0.0926. The zero-order valence-electron chi connectivity index (χ0n) is 9.84. The summed E-state index contributed by atoms with van der Waals surface area (Å²) in [5.74, 6) is -0.591. The summed E-state index contributed by atoms with van der Waals surface area (Å²) in [6.07, 6.45) is 3.18. The Kier molecular flexibility index (Phi) is 2.91. The number of aromatic nitrogens is 1. The number of alkyl halides is 1. The van der Waals surface area contributed by atoms with Crippen LogP contribution in [0.4, 0.5) is 5.69 Å². The summed E-state index contributed by atoms with van der Waals surface area (Å²) in [5, 5.41) is 0.554. The van der Waals surface area contributed by atoms with E-state index in [1.807, 2.05) is 0 Å². The summed E-state index contributed by atoms with van der Waals surface area (Å²) >= 11 is 3.35. The van der Waals surface area contributed by atoms with Crippen molar-refractivity contribution < 1.29 is 9.59 Å². The fourth-order valence-electron chi connectivity index (χ4n) is 2.14. The molecule has 1 aliphatic heterocycles. The van der Waals surface area contributed by atoms with Gasteiger partial charge in [0.1, 0.15) is 0 Å². The number of halogens is 1. The molecular formula is C14H9BrN2O2. The molecule has 0 N–H and O–H groups in total. The molecule has 2 heterocycles. The number of rotatable bonds is 2. The smallest absolute Gasteiger partial charge is 0.266 e. The van der Waals surface area contributed by atoms with Gasteiger partial charge < -0.3 is 0 Å². The van der Waals surface area contributed by atoms with Crippen molar-refractivity contribution in [3.63, 3.8) is 0 Å². The molecule has 5 heteroatoms. The fraction of sp³-hybridized carbons (Fsp3) is 0.0714. The van der Waals surface area contributed by atoms with Crippen molar-refractivity contribution in [1.29, 1.82) is 0 Å². The van der Waals surface area contributed by atoms with E-state index in [2.05, 4.69) is 20.9 Å². The summed E-state index contributed by atoms with van der Waals surface area (Å²) in [4.78, 5) is 29.9. The van der Waals surface area contributed by atoms with Crippen LogP contribution in [-0.2, 0) is 5.33 Å². The van der Waals surface area contributed by atoms with E-state index in [0.29, 0.717) is 22.1 Å². The minimum Gasteiger partial charge on any atom is -0.268 e. The third-order valence-corrected chi connectivity index (χ3v) is 3.67. The molecule has 4 nitrogen and oxygen atoms in total. The molecule has 0 bridgehead atoms. The first-order valence-corrected chi connectivity index (χ1v) is 6.83. The molecule has 1 aromatic carbocycles. The maximum atomic E-state index is 12.3. The van der Waals surface area contributed by atoms with Gasteiger partial charge in [0.2, 0.25) is 0 Å². The average molecular weight is 317 g/mol. The Hall–Kier alpha value is -2.01. The van der Waals surface area contributed by atoms with Gasteiger partial charge in [-0.25, -0.2) is 4.90 Å². The van der Waals surface area contributed by atoms with Crippen LogP contribution in [0.2, 0.25) is 0 Å². The molecule has 1 aromatic heterocycles. The van der Waals surface area contributed by atoms with Gasteiger partial charge in [-0.1, -0.05) is 28.1 Å². The summed E-state index contributed by atoms with van der Waals surface area (Å²) < 4.78 is 0. The minimum atomic E-state index is -0.296. The highest BCUT2D eigenvalue weighted by Crippen LogP contribution is 2.30. The Morgan fingerprint density at radius 3 is 2.26 bits per heavy atom. The van der Waals surface area contributed by atoms with E-state index in [-0.39, 0.29) is 11.8 Å². The van der Waals surface area contributed by atoms with Gasteiger partial charge in [0.05, 0.1) is 23.0 Å². The number of imide groups is 1. The van der Waals surface area contributed by atoms with E-state index in [0.717, 1.165) is 5.56 Å². The molecule has 3 rings (SSSR count). The average Bonchev–Trinajstić information content (AvgIpc) is 2.71. The number of hydrogen-bond acceptors (Lipinski definition) is 3. The summed E-state index contributed by atoms with van der Waals surface area (Å²) in [6, 6.07) is 8.62. The Balaban J connectivity index is 2.14. The zero-order chi connectivity index (χ0) is 13.4. The van der Waals surface area contributed by atoms with Crippen LogP contribution >= 0.6 is 15.9 Å². The van der Waals surface area contributed by atoms with Crippen LogP contribution in [0.3, 0.4) is 0 Å². The quantitative estimate of drug-likeness (QED) is 0.632. The molecule has 94 valence electrons. The predicted octanol–water partition coefficient (Wildman–Crippen LogP) is 2.78. The Morgan fingerprint density at radius 2 is 1.68 bits per heavy atom. The molecule has 0 fully saturated rings. The van der Waals surface area contributed by atoms with Gasteiger partial charge in [0.25, 0.3) is 11.8 Å². The molecule has 0 saturated carbocycles. The third kappa shape index (κ3) is 1.77. The third-order valence-electron chi connectivity index (χ3n) is 3.07. The van der Waals surface area contributed by atoms with Gasteiger partial charge >= 0.3 is 0 Å². The van der Waals surface area contributed by atoms with Crippen molar-refractivity contribution in [2.45, 2.75) is 5.33 Å². The van der Waals surface area contributed by atoms with Crippen molar-refractivity contribution in [2.75, 3.05) is 4.90 Å². The predicted molar refractivity (Wildman–Crippen MR) is 74.5 cm³/mol. The van der Waals surface area contributed by atoms with E-state index in [1.54, 1.807) is 36.5 Å². The summed E-state index contributed by atoms with van der Waals surface area (Å²) in [6.45, 7) is 0. The molecule has 1 aliphatic rings. The maximum absolute atomic E-state index is 12.3. The topological polar surface area (TPSA) is 50.3 Å². The van der Waals surface area contributed by atoms with Crippen LogP contribution in [0.15, 0.2) is 42.7 Å². The highest BCUT2D eigenvalue weighted by atomic mass is 79.9. The van der Waals surface area contributed by atoms with Crippen LogP contribution in [0.25, 0.3) is 0 Å². The molecule has 0 unspecified atom stereocenters. The van der Waals surface area contributed by atoms with Crippen LogP contribution in [0, 0.1) is 0 Å². The Labute approximate surface area is 118 Å². The van der Waals surface area contributed by atoms with Crippen LogP contribution < -0.4 is 4.90 Å². The maximum Gasteiger partial charge on any atom is 0.266 e. The van der Waals surface area contributed by atoms with Crippen molar-refractivity contribution in [3.8, 4) is 0 Å². The first-order chi connectivity index (χ1) is 9.24. The number of carbonyl (C=O) groups is 2. The Morgan fingerprint density at radius 1 is 1.05 bits per heavy atom. The number of benzene rings is 1. The van der Waals surface area contributed by atoms with E-state index in [9.17, 15) is 9.59 Å². The molecule has 2 amide bonds. The zero-order valence-corrected chi connectivity index (χ0v) is 11.4. The monoisotopic (exact) mass is 316 g/mol. The Bertz CT molecular complexity index is 650. The molecule has 0 spiro atoms. The van der Waals surface area contributed by atoms with E-state index >= 15 is 0 Å². The highest BCUT2D eigenvalue weighted by Gasteiger charge is 2.37. The lowest BCUT2D eigenvalue weighted by Crippen LogP contribution is -2.30. The second kappa shape index (κ2) is 4.59. The van der Waals surface area contributed by atoms with Crippen molar-refractivity contribution in [1.82, 2.24) is 4.98 Å². The number of anilines is 1. The molecule has 19 heavy (non-hydrogen) atoms. The minimum absolute atomic E-state index is 0.296. The van der Waals surface area contributed by atoms with Gasteiger partial charge in [0.15, 0.2) is 0 Å². The highest BCUT2D eigenvalue weighted by molar-refractivity contribution is 9.08. The molecule has 0 aliphatic carbocycles. The van der Waals surface area contributed by atoms with Crippen molar-refractivity contribution in [3.05, 3.63) is 59.4 Å². The molecule has 0 atom stereocenters. The largest absolute Gasteiger partial charge is 0.268 e. The number of hydrogen-bond donors (Lipinski definition) is 0. The van der Waals surface area contributed by atoms with E-state index in [4.69, 9.17) is 0 Å². The van der Waals surface area contributed by atoms with Crippen LogP contribution in [0.5, 0.6) is 0 Å². The molecule has 2 aromatic rings. The lowest BCUT2D eigenvalue weighted by atomic mass is 10.1. The number of pyridine rings is 1. The van der Waals surface area contributed by atoms with Gasteiger partial charge in [0, 0.05) is 11.5 Å². The molecular weight excluding hydrogens is 308 g/mol. The first-order valence-electron chi connectivity index (χ1n) is 5.70. The molecule has 0 radical (unpaired) electrons. The lowest BCUT2D eigenvalue weighted by Gasteiger charge is -2.16. The van der Waals surface area contributed by atoms with E-state index < -0.39 is 0 Å². The van der Waals surface area contributed by atoms with Crippen LogP contribution in [-0.4, -0.2) is 16.8 Å². The first kappa shape index (κ1) is 12.0. The second-order valence-electron chi connectivity index (χ2n) is 4.13. The summed E-state index contributed by atoms with van der Waals surface area (Å²) in [7, 11) is 0. The SMILES string of the molecule is O=C1c2ccccc2C(=O)N1c1cnccc1CBr. The van der Waals surface area contributed by atoms with Gasteiger partial charge in [-0.15, -0.1) is 0 Å². The van der Waals surface area contributed by atoms with E-state index in [1.165, 1.54) is 11.1 Å². The van der Waals surface area contributed by atoms with Gasteiger partial charge in [-0.3, -0.25) is 14.6 Å². The van der Waals surface area contributed by atoms with Gasteiger partial charge in [-0.05, 0) is 23.8 Å². The standard InChI is InChI=1S/C14H9BrN2O2/c15-7-9-5-6-16-8-12(9)17-13(18)10-3-1-2-4-11(10)14(17)19/h1-6,8H,7H2. The van der Waals surface area contributed by atoms with Crippen molar-refractivity contribution >= 4 is 33.4 Å².